The Hall–Kier alpha value is -1.16. The zero-order valence-electron chi connectivity index (χ0n) is 12.6. The first kappa shape index (κ1) is 15.2. The van der Waals surface area contributed by atoms with Crippen LogP contribution in [0.2, 0.25) is 0 Å². The molecule has 1 aliphatic heterocycles. The van der Waals surface area contributed by atoms with Gasteiger partial charge in [0.15, 0.2) is 5.17 Å². The third-order valence-corrected chi connectivity index (χ3v) is 4.94. The molecule has 0 saturated carbocycles. The van der Waals surface area contributed by atoms with Gasteiger partial charge >= 0.3 is 0 Å². The highest BCUT2D eigenvalue weighted by Gasteiger charge is 2.25. The van der Waals surface area contributed by atoms with Crippen LogP contribution < -0.4 is 10.1 Å². The van der Waals surface area contributed by atoms with Crippen molar-refractivity contribution in [1.82, 2.24) is 0 Å². The standard InChI is InChI=1S/C16H24N2OS/c1-4-12(5-2)15-11-17-16(20-15)18-13-8-7-9-14(10-13)19-6-3/h7-10,12,15H,4-6,11H2,1-3H3,(H,17,18). The van der Waals surface area contributed by atoms with Gasteiger partial charge in [0, 0.05) is 17.0 Å². The molecule has 1 aromatic rings. The maximum atomic E-state index is 5.52. The second kappa shape index (κ2) is 7.58. The van der Waals surface area contributed by atoms with Gasteiger partial charge in [-0.05, 0) is 25.0 Å². The minimum absolute atomic E-state index is 0.627. The van der Waals surface area contributed by atoms with Crippen molar-refractivity contribution in [2.45, 2.75) is 38.9 Å². The smallest absolute Gasteiger partial charge is 0.161 e. The molecule has 1 atom stereocenters. The van der Waals surface area contributed by atoms with Crippen molar-refractivity contribution in [1.29, 1.82) is 0 Å². The molecule has 20 heavy (non-hydrogen) atoms. The molecule has 0 bridgehead atoms. The number of hydrogen-bond acceptors (Lipinski definition) is 4. The molecule has 0 radical (unpaired) electrons. The van der Waals surface area contributed by atoms with Gasteiger partial charge in [-0.1, -0.05) is 44.5 Å². The van der Waals surface area contributed by atoms with Crippen molar-refractivity contribution < 1.29 is 4.74 Å². The van der Waals surface area contributed by atoms with Crippen LogP contribution >= 0.6 is 11.8 Å². The van der Waals surface area contributed by atoms with E-state index >= 15 is 0 Å². The zero-order chi connectivity index (χ0) is 14.4. The van der Waals surface area contributed by atoms with E-state index in [9.17, 15) is 0 Å². The normalized spacial score (nSPS) is 18.2. The van der Waals surface area contributed by atoms with Gasteiger partial charge in [0.1, 0.15) is 5.75 Å². The Balaban J connectivity index is 1.93. The number of ether oxygens (including phenoxy) is 1. The van der Waals surface area contributed by atoms with Crippen molar-refractivity contribution in [3.63, 3.8) is 0 Å². The summed E-state index contributed by atoms with van der Waals surface area (Å²) in [6.07, 6.45) is 2.47. The van der Waals surface area contributed by atoms with Gasteiger partial charge in [-0.3, -0.25) is 4.99 Å². The average molecular weight is 292 g/mol. The molecule has 1 aliphatic rings. The molecule has 0 aromatic heterocycles. The molecule has 4 heteroatoms. The Morgan fingerprint density at radius 1 is 1.35 bits per heavy atom. The summed E-state index contributed by atoms with van der Waals surface area (Å²) >= 11 is 1.88. The van der Waals surface area contributed by atoms with Crippen molar-refractivity contribution in [2.75, 3.05) is 18.5 Å². The SMILES string of the molecule is CCOc1cccc(NC2=NCC(C(CC)CC)S2)c1. The third-order valence-electron chi connectivity index (χ3n) is 3.65. The van der Waals surface area contributed by atoms with Gasteiger partial charge in [-0.15, -0.1) is 0 Å². The number of nitrogens with one attached hydrogen (secondary N) is 1. The minimum atomic E-state index is 0.627. The average Bonchev–Trinajstić information content (AvgIpc) is 2.89. The lowest BCUT2D eigenvalue weighted by Gasteiger charge is -2.18. The van der Waals surface area contributed by atoms with Crippen LogP contribution in [0.1, 0.15) is 33.6 Å². The number of hydrogen-bond donors (Lipinski definition) is 1. The predicted molar refractivity (Wildman–Crippen MR) is 89.0 cm³/mol. The topological polar surface area (TPSA) is 33.6 Å². The molecule has 0 fully saturated rings. The molecule has 0 saturated heterocycles. The van der Waals surface area contributed by atoms with E-state index in [1.807, 2.05) is 36.9 Å². The fourth-order valence-electron chi connectivity index (χ4n) is 2.47. The number of anilines is 1. The fraction of sp³-hybridized carbons (Fsp3) is 0.562. The molecule has 0 amide bonds. The molecule has 110 valence electrons. The number of aliphatic imine (C=N–C) groups is 1. The molecule has 1 heterocycles. The lowest BCUT2D eigenvalue weighted by molar-refractivity contribution is 0.340. The summed E-state index contributed by atoms with van der Waals surface area (Å²) < 4.78 is 5.52. The van der Waals surface area contributed by atoms with Crippen molar-refractivity contribution >= 4 is 22.6 Å². The molecule has 3 nitrogen and oxygen atoms in total. The summed E-state index contributed by atoms with van der Waals surface area (Å²) in [6, 6.07) is 8.06. The first-order chi connectivity index (χ1) is 9.76. The van der Waals surface area contributed by atoms with Crippen LogP contribution in [0.15, 0.2) is 29.3 Å². The van der Waals surface area contributed by atoms with E-state index in [2.05, 4.69) is 30.2 Å². The highest BCUT2D eigenvalue weighted by Crippen LogP contribution is 2.31. The second-order valence-corrected chi connectivity index (χ2v) is 6.19. The van der Waals surface area contributed by atoms with Crippen molar-refractivity contribution in [3.05, 3.63) is 24.3 Å². The van der Waals surface area contributed by atoms with Crippen molar-refractivity contribution in [2.24, 2.45) is 10.9 Å². The Kier molecular flexibility index (Phi) is 5.77. The molecule has 1 N–H and O–H groups in total. The number of thioether (sulfide) groups is 1. The number of nitrogens with zero attached hydrogens (tertiary/aromatic N) is 1. The minimum Gasteiger partial charge on any atom is -0.494 e. The monoisotopic (exact) mass is 292 g/mol. The third kappa shape index (κ3) is 3.92. The van der Waals surface area contributed by atoms with Gasteiger partial charge in [0.05, 0.1) is 13.2 Å². The van der Waals surface area contributed by atoms with E-state index in [0.29, 0.717) is 11.9 Å². The Bertz CT molecular complexity index is 458. The predicted octanol–water partition coefficient (Wildman–Crippen LogP) is 4.40. The van der Waals surface area contributed by atoms with Crippen LogP contribution in [0, 0.1) is 5.92 Å². The fourth-order valence-corrected chi connectivity index (χ4v) is 3.81. The molecule has 0 aliphatic carbocycles. The number of benzene rings is 1. The first-order valence-electron chi connectivity index (χ1n) is 7.47. The van der Waals surface area contributed by atoms with Crippen LogP contribution in [-0.2, 0) is 0 Å². The second-order valence-electron chi connectivity index (χ2n) is 4.96. The highest BCUT2D eigenvalue weighted by molar-refractivity contribution is 8.15. The summed E-state index contributed by atoms with van der Waals surface area (Å²) in [4.78, 5) is 4.63. The van der Waals surface area contributed by atoms with Crippen LogP contribution in [0.5, 0.6) is 5.75 Å². The molecular weight excluding hydrogens is 268 g/mol. The molecule has 2 rings (SSSR count). The molecule has 0 spiro atoms. The van der Waals surface area contributed by atoms with Crippen LogP contribution in [0.3, 0.4) is 0 Å². The van der Waals surface area contributed by atoms with Gasteiger partial charge in [0.25, 0.3) is 0 Å². The Morgan fingerprint density at radius 3 is 2.85 bits per heavy atom. The van der Waals surface area contributed by atoms with E-state index in [0.717, 1.165) is 29.1 Å². The summed E-state index contributed by atoms with van der Waals surface area (Å²) in [5.41, 5.74) is 1.05. The Labute approximate surface area is 126 Å². The zero-order valence-corrected chi connectivity index (χ0v) is 13.4. The van der Waals surface area contributed by atoms with Crippen molar-refractivity contribution in [3.8, 4) is 5.75 Å². The van der Waals surface area contributed by atoms with Gasteiger partial charge < -0.3 is 10.1 Å². The first-order valence-corrected chi connectivity index (χ1v) is 8.35. The summed E-state index contributed by atoms with van der Waals surface area (Å²) in [5.74, 6) is 1.66. The van der Waals surface area contributed by atoms with Gasteiger partial charge in [0.2, 0.25) is 0 Å². The van der Waals surface area contributed by atoms with Crippen LogP contribution in [0.4, 0.5) is 5.69 Å². The summed E-state index contributed by atoms with van der Waals surface area (Å²) in [7, 11) is 0. The molecule has 1 aromatic carbocycles. The van der Waals surface area contributed by atoms with Crippen LogP contribution in [0.25, 0.3) is 0 Å². The van der Waals surface area contributed by atoms with Gasteiger partial charge in [-0.2, -0.15) is 0 Å². The van der Waals surface area contributed by atoms with Gasteiger partial charge in [-0.25, -0.2) is 0 Å². The van der Waals surface area contributed by atoms with E-state index < -0.39 is 0 Å². The molecular formula is C16H24N2OS. The highest BCUT2D eigenvalue weighted by atomic mass is 32.2. The largest absolute Gasteiger partial charge is 0.494 e. The lowest BCUT2D eigenvalue weighted by Crippen LogP contribution is -2.17. The number of rotatable bonds is 6. The molecule has 1 unspecified atom stereocenters. The maximum Gasteiger partial charge on any atom is 0.161 e. The summed E-state index contributed by atoms with van der Waals surface area (Å²) in [5, 5.41) is 5.07. The van der Waals surface area contributed by atoms with E-state index in [1.165, 1.54) is 12.8 Å². The lowest BCUT2D eigenvalue weighted by atomic mass is 9.99. The maximum absolute atomic E-state index is 5.52. The van der Waals surface area contributed by atoms with Crippen LogP contribution in [-0.4, -0.2) is 23.6 Å². The number of amidine groups is 1. The quantitative estimate of drug-likeness (QED) is 0.843. The Morgan fingerprint density at radius 2 is 2.15 bits per heavy atom. The van der Waals surface area contributed by atoms with E-state index in [4.69, 9.17) is 4.74 Å². The van der Waals surface area contributed by atoms with E-state index in [1.54, 1.807) is 0 Å². The van der Waals surface area contributed by atoms with E-state index in [-0.39, 0.29) is 0 Å². The summed E-state index contributed by atoms with van der Waals surface area (Å²) in [6.45, 7) is 8.16.